The van der Waals surface area contributed by atoms with Gasteiger partial charge in [0, 0.05) is 37.6 Å². The van der Waals surface area contributed by atoms with Crippen molar-refractivity contribution < 1.29 is 9.53 Å². The monoisotopic (exact) mass is 275 g/mol. The van der Waals surface area contributed by atoms with Crippen molar-refractivity contribution in [3.8, 4) is 0 Å². The predicted octanol–water partition coefficient (Wildman–Crippen LogP) is 2.15. The zero-order valence-electron chi connectivity index (χ0n) is 11.7. The van der Waals surface area contributed by atoms with E-state index < -0.39 is 0 Å². The number of urea groups is 1. The number of carbonyl (C=O) groups excluding carboxylic acids is 1. The average molecular weight is 275 g/mol. The number of anilines is 2. The molecule has 5 nitrogen and oxygen atoms in total. The van der Waals surface area contributed by atoms with E-state index in [0.29, 0.717) is 0 Å². The summed E-state index contributed by atoms with van der Waals surface area (Å²) in [6.45, 7) is 5.18. The van der Waals surface area contributed by atoms with Gasteiger partial charge >= 0.3 is 6.03 Å². The summed E-state index contributed by atoms with van der Waals surface area (Å²) in [5.41, 5.74) is 2.05. The quantitative estimate of drug-likeness (QED) is 0.899. The van der Waals surface area contributed by atoms with Gasteiger partial charge in [0.15, 0.2) is 0 Å². The van der Waals surface area contributed by atoms with Crippen LogP contribution in [0.3, 0.4) is 0 Å². The number of carbonyl (C=O) groups is 1. The number of rotatable bonds is 2. The highest BCUT2D eigenvalue weighted by Gasteiger charge is 2.17. The van der Waals surface area contributed by atoms with Crippen molar-refractivity contribution in [3.63, 3.8) is 0 Å². The zero-order chi connectivity index (χ0) is 13.8. The van der Waals surface area contributed by atoms with Gasteiger partial charge in [0.2, 0.25) is 0 Å². The van der Waals surface area contributed by atoms with Crippen LogP contribution in [0.1, 0.15) is 12.8 Å². The van der Waals surface area contributed by atoms with E-state index in [1.165, 1.54) is 5.69 Å². The fourth-order valence-electron chi connectivity index (χ4n) is 2.70. The van der Waals surface area contributed by atoms with E-state index in [2.05, 4.69) is 22.3 Å². The molecule has 5 heteroatoms. The second-order valence-electron chi connectivity index (χ2n) is 5.27. The van der Waals surface area contributed by atoms with Gasteiger partial charge in [0.05, 0.1) is 13.2 Å². The minimum absolute atomic E-state index is 0.0154. The molecule has 108 valence electrons. The molecule has 2 amide bonds. The summed E-state index contributed by atoms with van der Waals surface area (Å²) >= 11 is 0. The van der Waals surface area contributed by atoms with Crippen LogP contribution in [0.25, 0.3) is 0 Å². The lowest BCUT2D eigenvalue weighted by molar-refractivity contribution is 0.122. The number of hydrogen-bond donors (Lipinski definition) is 1. The normalized spacial score (nSPS) is 19.2. The van der Waals surface area contributed by atoms with Gasteiger partial charge in [-0.05, 0) is 37.1 Å². The largest absolute Gasteiger partial charge is 0.378 e. The van der Waals surface area contributed by atoms with Crippen LogP contribution in [-0.2, 0) is 4.74 Å². The fraction of sp³-hybridized carbons (Fsp3) is 0.533. The standard InChI is InChI=1S/C15H21N3O2/c19-15(18-7-1-2-8-18)16-13-3-5-14(6-4-13)17-9-11-20-12-10-17/h3-6H,1-2,7-12H2,(H,16,19). The first-order valence-electron chi connectivity index (χ1n) is 7.31. The minimum atomic E-state index is 0.0154. The number of amides is 2. The van der Waals surface area contributed by atoms with Gasteiger partial charge in [-0.15, -0.1) is 0 Å². The summed E-state index contributed by atoms with van der Waals surface area (Å²) in [4.78, 5) is 16.2. The number of hydrogen-bond acceptors (Lipinski definition) is 3. The van der Waals surface area contributed by atoms with Gasteiger partial charge in [-0.25, -0.2) is 4.79 Å². The molecule has 0 aromatic heterocycles. The summed E-state index contributed by atoms with van der Waals surface area (Å²) in [5.74, 6) is 0. The van der Waals surface area contributed by atoms with Gasteiger partial charge < -0.3 is 19.9 Å². The number of nitrogens with one attached hydrogen (secondary N) is 1. The molecular formula is C15H21N3O2. The molecule has 2 aliphatic rings. The Balaban J connectivity index is 1.59. The highest BCUT2D eigenvalue weighted by Crippen LogP contribution is 2.19. The summed E-state index contributed by atoms with van der Waals surface area (Å²) in [6.07, 6.45) is 2.23. The first kappa shape index (κ1) is 13.2. The Hall–Kier alpha value is -1.75. The number of morpholine rings is 1. The lowest BCUT2D eigenvalue weighted by Gasteiger charge is -2.29. The average Bonchev–Trinajstić information content (AvgIpc) is 3.03. The van der Waals surface area contributed by atoms with E-state index in [9.17, 15) is 4.79 Å². The highest BCUT2D eigenvalue weighted by atomic mass is 16.5. The van der Waals surface area contributed by atoms with Crippen molar-refractivity contribution in [1.29, 1.82) is 0 Å². The topological polar surface area (TPSA) is 44.8 Å². The molecule has 2 aliphatic heterocycles. The van der Waals surface area contributed by atoms with Crippen LogP contribution < -0.4 is 10.2 Å². The lowest BCUT2D eigenvalue weighted by atomic mass is 10.2. The van der Waals surface area contributed by atoms with Crippen molar-refractivity contribution >= 4 is 17.4 Å². The number of nitrogens with zero attached hydrogens (tertiary/aromatic N) is 2. The summed E-state index contributed by atoms with van der Waals surface area (Å²) < 4.78 is 5.35. The van der Waals surface area contributed by atoms with E-state index in [1.807, 2.05) is 17.0 Å². The Morgan fingerprint density at radius 3 is 2.30 bits per heavy atom. The van der Waals surface area contributed by atoms with Crippen LogP contribution in [0.5, 0.6) is 0 Å². The maximum Gasteiger partial charge on any atom is 0.321 e. The minimum Gasteiger partial charge on any atom is -0.378 e. The Labute approximate surface area is 119 Å². The Bertz CT molecular complexity index is 449. The van der Waals surface area contributed by atoms with Crippen LogP contribution in [-0.4, -0.2) is 50.3 Å². The number of benzene rings is 1. The van der Waals surface area contributed by atoms with E-state index >= 15 is 0 Å². The van der Waals surface area contributed by atoms with Crippen LogP contribution in [0.15, 0.2) is 24.3 Å². The van der Waals surface area contributed by atoms with Crippen LogP contribution in [0.2, 0.25) is 0 Å². The lowest BCUT2D eigenvalue weighted by Crippen LogP contribution is -2.36. The third-order valence-electron chi connectivity index (χ3n) is 3.89. The first-order chi connectivity index (χ1) is 9.83. The van der Waals surface area contributed by atoms with Crippen LogP contribution in [0, 0.1) is 0 Å². The summed E-state index contributed by atoms with van der Waals surface area (Å²) in [6, 6.07) is 8.08. The van der Waals surface area contributed by atoms with Crippen LogP contribution >= 0.6 is 0 Å². The van der Waals surface area contributed by atoms with E-state index in [-0.39, 0.29) is 6.03 Å². The molecule has 2 saturated heterocycles. The Morgan fingerprint density at radius 1 is 1.00 bits per heavy atom. The van der Waals surface area contributed by atoms with Crippen molar-refractivity contribution in [3.05, 3.63) is 24.3 Å². The molecule has 1 N–H and O–H groups in total. The summed E-state index contributed by atoms with van der Waals surface area (Å²) in [7, 11) is 0. The molecule has 0 atom stereocenters. The molecule has 0 bridgehead atoms. The molecule has 0 saturated carbocycles. The van der Waals surface area contributed by atoms with Crippen molar-refractivity contribution in [1.82, 2.24) is 4.90 Å². The van der Waals surface area contributed by atoms with Crippen molar-refractivity contribution in [2.24, 2.45) is 0 Å². The van der Waals surface area contributed by atoms with Crippen molar-refractivity contribution in [2.75, 3.05) is 49.6 Å². The van der Waals surface area contributed by atoms with Crippen molar-refractivity contribution in [2.45, 2.75) is 12.8 Å². The van der Waals surface area contributed by atoms with E-state index in [0.717, 1.165) is 57.9 Å². The SMILES string of the molecule is O=C(Nc1ccc(N2CCOCC2)cc1)N1CCCC1. The first-order valence-corrected chi connectivity index (χ1v) is 7.31. The number of likely N-dealkylation sites (tertiary alicyclic amines) is 1. The van der Waals surface area contributed by atoms with Gasteiger partial charge in [0.1, 0.15) is 0 Å². The third-order valence-corrected chi connectivity index (χ3v) is 3.89. The predicted molar refractivity (Wildman–Crippen MR) is 79.3 cm³/mol. The van der Waals surface area contributed by atoms with Crippen LogP contribution in [0.4, 0.5) is 16.2 Å². The molecule has 2 fully saturated rings. The second-order valence-corrected chi connectivity index (χ2v) is 5.27. The molecule has 0 spiro atoms. The molecule has 0 unspecified atom stereocenters. The molecule has 0 aliphatic carbocycles. The molecule has 0 radical (unpaired) electrons. The fourth-order valence-corrected chi connectivity index (χ4v) is 2.70. The molecule has 1 aromatic rings. The second kappa shape index (κ2) is 6.13. The molecular weight excluding hydrogens is 254 g/mol. The maximum atomic E-state index is 12.0. The number of ether oxygens (including phenoxy) is 1. The smallest absolute Gasteiger partial charge is 0.321 e. The maximum absolute atomic E-state index is 12.0. The Morgan fingerprint density at radius 2 is 1.65 bits per heavy atom. The zero-order valence-corrected chi connectivity index (χ0v) is 11.7. The van der Waals surface area contributed by atoms with Gasteiger partial charge in [-0.1, -0.05) is 0 Å². The molecule has 1 aromatic carbocycles. The van der Waals surface area contributed by atoms with E-state index in [4.69, 9.17) is 4.74 Å². The van der Waals surface area contributed by atoms with Gasteiger partial charge in [-0.2, -0.15) is 0 Å². The highest BCUT2D eigenvalue weighted by molar-refractivity contribution is 5.89. The van der Waals surface area contributed by atoms with E-state index in [1.54, 1.807) is 0 Å². The van der Waals surface area contributed by atoms with Gasteiger partial charge in [-0.3, -0.25) is 0 Å². The molecule has 20 heavy (non-hydrogen) atoms. The summed E-state index contributed by atoms with van der Waals surface area (Å²) in [5, 5.41) is 2.96. The third kappa shape index (κ3) is 3.04. The molecule has 2 heterocycles. The van der Waals surface area contributed by atoms with Gasteiger partial charge in [0.25, 0.3) is 0 Å². The Kier molecular flexibility index (Phi) is 4.06. The molecule has 3 rings (SSSR count).